The van der Waals surface area contributed by atoms with Crippen molar-refractivity contribution in [3.8, 4) is 22.8 Å². The van der Waals surface area contributed by atoms with Gasteiger partial charge in [0.05, 0.1) is 5.69 Å². The van der Waals surface area contributed by atoms with Gasteiger partial charge in [-0.25, -0.2) is 4.98 Å². The number of H-pyrrole nitrogens is 1. The van der Waals surface area contributed by atoms with Crippen LogP contribution in [-0.4, -0.2) is 16.8 Å². The van der Waals surface area contributed by atoms with Crippen molar-refractivity contribution in [2.24, 2.45) is 0 Å². The summed E-state index contributed by atoms with van der Waals surface area (Å²) in [5.41, 5.74) is 2.73. The molecule has 1 aliphatic rings. The molecule has 0 aliphatic carbocycles. The molecule has 0 saturated heterocycles. The van der Waals surface area contributed by atoms with Crippen molar-refractivity contribution in [2.75, 3.05) is 6.79 Å². The normalized spacial score (nSPS) is 13.1. The van der Waals surface area contributed by atoms with Crippen LogP contribution in [0.4, 0.5) is 0 Å². The maximum Gasteiger partial charge on any atom is 0.231 e. The summed E-state index contributed by atoms with van der Waals surface area (Å²) in [7, 11) is 0. The second-order valence-corrected chi connectivity index (χ2v) is 3.93. The third-order valence-electron chi connectivity index (χ3n) is 2.50. The van der Waals surface area contributed by atoms with Crippen molar-refractivity contribution in [1.29, 1.82) is 0 Å². The molecule has 0 amide bonds. The molecular weight excluding hydrogens is 228 g/mol. The van der Waals surface area contributed by atoms with Crippen LogP contribution < -0.4 is 9.47 Å². The van der Waals surface area contributed by atoms with Crippen molar-refractivity contribution in [1.82, 2.24) is 9.97 Å². The Hall–Kier alpha value is -1.68. The van der Waals surface area contributed by atoms with E-state index in [-0.39, 0.29) is 6.79 Å². The smallest absolute Gasteiger partial charge is 0.231 e. The lowest BCUT2D eigenvalue weighted by atomic mass is 10.1. The molecule has 82 valence electrons. The zero-order chi connectivity index (χ0) is 11.1. The van der Waals surface area contributed by atoms with Crippen molar-refractivity contribution in [3.63, 3.8) is 0 Å². The molecule has 1 aromatic carbocycles. The zero-order valence-electron chi connectivity index (χ0n) is 8.58. The number of rotatable bonds is 1. The van der Waals surface area contributed by atoms with E-state index in [0.29, 0.717) is 5.28 Å². The Morgan fingerprint density at radius 2 is 2.12 bits per heavy atom. The maximum absolute atomic E-state index is 5.81. The topological polar surface area (TPSA) is 47.1 Å². The number of benzene rings is 1. The van der Waals surface area contributed by atoms with Crippen molar-refractivity contribution in [2.45, 2.75) is 6.92 Å². The Morgan fingerprint density at radius 1 is 1.31 bits per heavy atom. The van der Waals surface area contributed by atoms with Gasteiger partial charge in [-0.2, -0.15) is 0 Å². The highest BCUT2D eigenvalue weighted by atomic mass is 35.5. The average Bonchev–Trinajstić information content (AvgIpc) is 2.83. The van der Waals surface area contributed by atoms with Gasteiger partial charge in [0.2, 0.25) is 12.1 Å². The molecule has 1 aliphatic heterocycles. The molecule has 1 N–H and O–H groups in total. The molecule has 0 fully saturated rings. The number of aromatic amines is 1. The van der Waals surface area contributed by atoms with Crippen molar-refractivity contribution >= 4 is 11.6 Å². The quantitative estimate of drug-likeness (QED) is 0.828. The van der Waals surface area contributed by atoms with Gasteiger partial charge < -0.3 is 14.5 Å². The molecule has 0 spiro atoms. The lowest BCUT2D eigenvalue weighted by molar-refractivity contribution is 0.174. The van der Waals surface area contributed by atoms with Crippen LogP contribution in [0.15, 0.2) is 18.2 Å². The number of fused-ring (bicyclic) bond motifs is 1. The van der Waals surface area contributed by atoms with Crippen LogP contribution in [0.3, 0.4) is 0 Å². The van der Waals surface area contributed by atoms with Crippen LogP contribution in [0.1, 0.15) is 5.69 Å². The van der Waals surface area contributed by atoms with Crippen LogP contribution >= 0.6 is 11.6 Å². The van der Waals surface area contributed by atoms with E-state index in [0.717, 1.165) is 28.5 Å². The van der Waals surface area contributed by atoms with Crippen LogP contribution in [0.25, 0.3) is 11.3 Å². The summed E-state index contributed by atoms with van der Waals surface area (Å²) in [6, 6.07) is 5.72. The average molecular weight is 237 g/mol. The van der Waals surface area contributed by atoms with Crippen molar-refractivity contribution in [3.05, 3.63) is 29.2 Å². The van der Waals surface area contributed by atoms with E-state index in [1.807, 2.05) is 25.1 Å². The van der Waals surface area contributed by atoms with E-state index >= 15 is 0 Å². The molecule has 16 heavy (non-hydrogen) atoms. The molecule has 2 heterocycles. The SMILES string of the molecule is Cc1[nH]c(Cl)nc1-c1ccc2c(c1)OCO2. The second kappa shape index (κ2) is 3.42. The number of ether oxygens (including phenoxy) is 2. The first-order valence-electron chi connectivity index (χ1n) is 4.86. The van der Waals surface area contributed by atoms with E-state index in [2.05, 4.69) is 9.97 Å². The van der Waals surface area contributed by atoms with Gasteiger partial charge in [0, 0.05) is 11.3 Å². The van der Waals surface area contributed by atoms with Crippen LogP contribution in [-0.2, 0) is 0 Å². The minimum Gasteiger partial charge on any atom is -0.454 e. The Morgan fingerprint density at radius 3 is 2.88 bits per heavy atom. The van der Waals surface area contributed by atoms with Gasteiger partial charge in [0.15, 0.2) is 11.5 Å². The van der Waals surface area contributed by atoms with E-state index in [1.54, 1.807) is 0 Å². The van der Waals surface area contributed by atoms with E-state index in [9.17, 15) is 0 Å². The third-order valence-corrected chi connectivity index (χ3v) is 2.68. The molecule has 0 saturated carbocycles. The molecule has 3 rings (SSSR count). The lowest BCUT2D eigenvalue weighted by Gasteiger charge is -2.00. The molecule has 4 nitrogen and oxygen atoms in total. The van der Waals surface area contributed by atoms with Gasteiger partial charge in [-0.15, -0.1) is 0 Å². The van der Waals surface area contributed by atoms with Gasteiger partial charge >= 0.3 is 0 Å². The van der Waals surface area contributed by atoms with Gasteiger partial charge in [-0.1, -0.05) is 0 Å². The third kappa shape index (κ3) is 1.42. The number of nitrogens with one attached hydrogen (secondary N) is 1. The maximum atomic E-state index is 5.81. The first kappa shape index (κ1) is 9.54. The highest BCUT2D eigenvalue weighted by molar-refractivity contribution is 6.28. The Balaban J connectivity index is 2.10. The number of hydrogen-bond donors (Lipinski definition) is 1. The highest BCUT2D eigenvalue weighted by Crippen LogP contribution is 2.36. The fourth-order valence-corrected chi connectivity index (χ4v) is 1.98. The Bertz CT molecular complexity index is 551. The summed E-state index contributed by atoms with van der Waals surface area (Å²) in [5.74, 6) is 1.51. The lowest BCUT2D eigenvalue weighted by Crippen LogP contribution is -1.92. The number of nitrogens with zero attached hydrogens (tertiary/aromatic N) is 1. The van der Waals surface area contributed by atoms with Crippen LogP contribution in [0.2, 0.25) is 5.28 Å². The Kier molecular flexibility index (Phi) is 2.04. The molecule has 5 heteroatoms. The van der Waals surface area contributed by atoms with E-state index < -0.39 is 0 Å². The summed E-state index contributed by atoms with van der Waals surface area (Å²) >= 11 is 5.81. The predicted molar refractivity (Wildman–Crippen MR) is 59.9 cm³/mol. The van der Waals surface area contributed by atoms with Gasteiger partial charge in [-0.3, -0.25) is 0 Å². The standard InChI is InChI=1S/C11H9ClN2O2/c1-6-10(14-11(12)13-6)7-2-3-8-9(4-7)16-5-15-8/h2-4H,5H2,1H3,(H,13,14). The largest absolute Gasteiger partial charge is 0.454 e. The number of aryl methyl sites for hydroxylation is 1. The molecule has 0 atom stereocenters. The van der Waals surface area contributed by atoms with Crippen LogP contribution in [0.5, 0.6) is 11.5 Å². The fraction of sp³-hybridized carbons (Fsp3) is 0.182. The minimum atomic E-state index is 0.277. The fourth-order valence-electron chi connectivity index (χ4n) is 1.75. The van der Waals surface area contributed by atoms with E-state index in [4.69, 9.17) is 21.1 Å². The second-order valence-electron chi connectivity index (χ2n) is 3.57. The van der Waals surface area contributed by atoms with Crippen molar-refractivity contribution < 1.29 is 9.47 Å². The number of imidazole rings is 1. The summed E-state index contributed by atoms with van der Waals surface area (Å²) < 4.78 is 10.6. The zero-order valence-corrected chi connectivity index (χ0v) is 9.34. The first-order chi connectivity index (χ1) is 7.74. The predicted octanol–water partition coefficient (Wildman–Crippen LogP) is 2.77. The van der Waals surface area contributed by atoms with Crippen LogP contribution in [0, 0.1) is 6.92 Å². The first-order valence-corrected chi connectivity index (χ1v) is 5.24. The molecule has 0 bridgehead atoms. The molecular formula is C11H9ClN2O2. The summed E-state index contributed by atoms with van der Waals surface area (Å²) in [5, 5.41) is 0.394. The monoisotopic (exact) mass is 236 g/mol. The number of aromatic nitrogens is 2. The molecule has 2 aromatic rings. The molecule has 0 radical (unpaired) electrons. The summed E-state index contributed by atoms with van der Waals surface area (Å²) in [6.45, 7) is 2.21. The molecule has 1 aromatic heterocycles. The summed E-state index contributed by atoms with van der Waals surface area (Å²) in [6.07, 6.45) is 0. The van der Waals surface area contributed by atoms with Gasteiger partial charge in [0.25, 0.3) is 0 Å². The van der Waals surface area contributed by atoms with Gasteiger partial charge in [0.1, 0.15) is 0 Å². The number of hydrogen-bond acceptors (Lipinski definition) is 3. The van der Waals surface area contributed by atoms with Gasteiger partial charge in [-0.05, 0) is 36.7 Å². The Labute approximate surface area is 97.2 Å². The summed E-state index contributed by atoms with van der Waals surface area (Å²) in [4.78, 5) is 7.18. The minimum absolute atomic E-state index is 0.277. The molecule has 0 unspecified atom stereocenters. The number of halogens is 1. The highest BCUT2D eigenvalue weighted by Gasteiger charge is 2.16. The van der Waals surface area contributed by atoms with E-state index in [1.165, 1.54) is 0 Å².